The molecule has 17 heavy (non-hydrogen) atoms. The first kappa shape index (κ1) is 14.2. The SMILES string of the molecule is CCc1ccc(CC(O)CCC(C)(C)C)cc1. The fourth-order valence-electron chi connectivity index (χ4n) is 1.88. The van der Waals surface area contributed by atoms with E-state index >= 15 is 0 Å². The molecule has 0 saturated carbocycles. The van der Waals surface area contributed by atoms with Gasteiger partial charge in [-0.05, 0) is 42.2 Å². The van der Waals surface area contributed by atoms with Crippen LogP contribution in [-0.2, 0) is 12.8 Å². The first-order valence-electron chi connectivity index (χ1n) is 6.66. The topological polar surface area (TPSA) is 20.2 Å². The second-order valence-electron chi connectivity index (χ2n) is 6.13. The van der Waals surface area contributed by atoms with Gasteiger partial charge in [-0.2, -0.15) is 0 Å². The normalized spacial score (nSPS) is 13.7. The van der Waals surface area contributed by atoms with Gasteiger partial charge in [0.1, 0.15) is 0 Å². The van der Waals surface area contributed by atoms with Crippen LogP contribution in [-0.4, -0.2) is 11.2 Å². The fourth-order valence-corrected chi connectivity index (χ4v) is 1.88. The second kappa shape index (κ2) is 6.20. The Morgan fingerprint density at radius 3 is 2.06 bits per heavy atom. The van der Waals surface area contributed by atoms with Crippen molar-refractivity contribution in [2.24, 2.45) is 5.41 Å². The predicted octanol–water partition coefficient (Wildman–Crippen LogP) is 3.98. The molecule has 0 bridgehead atoms. The highest BCUT2D eigenvalue weighted by molar-refractivity contribution is 5.22. The number of benzene rings is 1. The van der Waals surface area contributed by atoms with E-state index in [-0.39, 0.29) is 6.10 Å². The summed E-state index contributed by atoms with van der Waals surface area (Å²) in [5.41, 5.74) is 2.91. The van der Waals surface area contributed by atoms with Gasteiger partial charge in [-0.25, -0.2) is 0 Å². The van der Waals surface area contributed by atoms with Gasteiger partial charge >= 0.3 is 0 Å². The smallest absolute Gasteiger partial charge is 0.0580 e. The molecule has 0 spiro atoms. The summed E-state index contributed by atoms with van der Waals surface area (Å²) in [6.07, 6.45) is 3.61. The summed E-state index contributed by atoms with van der Waals surface area (Å²) in [6.45, 7) is 8.81. The number of aliphatic hydroxyl groups excluding tert-OH is 1. The molecule has 0 radical (unpaired) electrons. The Labute approximate surface area is 106 Å². The van der Waals surface area contributed by atoms with Gasteiger partial charge in [-0.1, -0.05) is 52.0 Å². The molecule has 1 aromatic rings. The zero-order valence-electron chi connectivity index (χ0n) is 11.7. The maximum Gasteiger partial charge on any atom is 0.0580 e. The molecule has 1 unspecified atom stereocenters. The molecule has 0 aliphatic heterocycles. The highest BCUT2D eigenvalue weighted by atomic mass is 16.3. The van der Waals surface area contributed by atoms with E-state index in [0.29, 0.717) is 5.41 Å². The van der Waals surface area contributed by atoms with Crippen LogP contribution in [0.15, 0.2) is 24.3 Å². The van der Waals surface area contributed by atoms with Crippen molar-refractivity contribution < 1.29 is 5.11 Å². The van der Waals surface area contributed by atoms with E-state index in [2.05, 4.69) is 52.0 Å². The first-order valence-corrected chi connectivity index (χ1v) is 6.66. The zero-order valence-corrected chi connectivity index (χ0v) is 11.7. The van der Waals surface area contributed by atoms with Crippen LogP contribution in [0.1, 0.15) is 51.7 Å². The summed E-state index contributed by atoms with van der Waals surface area (Å²) in [6, 6.07) is 8.59. The lowest BCUT2D eigenvalue weighted by molar-refractivity contribution is 0.146. The number of aliphatic hydroxyl groups is 1. The van der Waals surface area contributed by atoms with E-state index < -0.39 is 0 Å². The van der Waals surface area contributed by atoms with Crippen molar-refractivity contribution in [2.45, 2.75) is 59.5 Å². The molecule has 1 aromatic carbocycles. The quantitative estimate of drug-likeness (QED) is 0.817. The van der Waals surface area contributed by atoms with Crippen molar-refractivity contribution in [2.75, 3.05) is 0 Å². The van der Waals surface area contributed by atoms with Crippen LogP contribution < -0.4 is 0 Å². The molecule has 0 fully saturated rings. The van der Waals surface area contributed by atoms with Crippen molar-refractivity contribution in [1.82, 2.24) is 0 Å². The van der Waals surface area contributed by atoms with Crippen LogP contribution in [0.25, 0.3) is 0 Å². The molecule has 0 aliphatic rings. The Hall–Kier alpha value is -0.820. The fraction of sp³-hybridized carbons (Fsp3) is 0.625. The Balaban J connectivity index is 2.42. The summed E-state index contributed by atoms with van der Waals surface area (Å²) in [7, 11) is 0. The number of hydrogen-bond donors (Lipinski definition) is 1. The highest BCUT2D eigenvalue weighted by Crippen LogP contribution is 2.22. The minimum Gasteiger partial charge on any atom is -0.393 e. The van der Waals surface area contributed by atoms with E-state index in [1.54, 1.807) is 0 Å². The highest BCUT2D eigenvalue weighted by Gasteiger charge is 2.13. The van der Waals surface area contributed by atoms with Gasteiger partial charge in [0.25, 0.3) is 0 Å². The predicted molar refractivity (Wildman–Crippen MR) is 74.2 cm³/mol. The van der Waals surface area contributed by atoms with Crippen LogP contribution in [0.5, 0.6) is 0 Å². The Morgan fingerprint density at radius 1 is 1.06 bits per heavy atom. The Bertz CT molecular complexity index is 318. The lowest BCUT2D eigenvalue weighted by Crippen LogP contribution is -2.15. The summed E-state index contributed by atoms with van der Waals surface area (Å²) in [5.74, 6) is 0. The minimum absolute atomic E-state index is 0.207. The molecule has 0 aromatic heterocycles. The van der Waals surface area contributed by atoms with E-state index in [9.17, 15) is 5.11 Å². The zero-order chi connectivity index (χ0) is 12.9. The number of rotatable bonds is 5. The van der Waals surface area contributed by atoms with Crippen LogP contribution in [0.2, 0.25) is 0 Å². The summed E-state index contributed by atoms with van der Waals surface area (Å²) < 4.78 is 0. The molecule has 0 amide bonds. The van der Waals surface area contributed by atoms with E-state index in [0.717, 1.165) is 25.7 Å². The Kier molecular flexibility index (Phi) is 5.20. The van der Waals surface area contributed by atoms with Crippen molar-refractivity contribution >= 4 is 0 Å². The Morgan fingerprint density at radius 2 is 1.59 bits per heavy atom. The third-order valence-electron chi connectivity index (χ3n) is 3.13. The van der Waals surface area contributed by atoms with Crippen molar-refractivity contribution in [3.63, 3.8) is 0 Å². The van der Waals surface area contributed by atoms with E-state index in [4.69, 9.17) is 0 Å². The molecule has 1 heteroatoms. The lowest BCUT2D eigenvalue weighted by atomic mass is 9.88. The third-order valence-corrected chi connectivity index (χ3v) is 3.13. The molecule has 0 saturated heterocycles. The molecule has 1 atom stereocenters. The summed E-state index contributed by atoms with van der Waals surface area (Å²) >= 11 is 0. The summed E-state index contributed by atoms with van der Waals surface area (Å²) in [5, 5.41) is 9.99. The van der Waals surface area contributed by atoms with Crippen LogP contribution >= 0.6 is 0 Å². The molecular weight excluding hydrogens is 208 g/mol. The summed E-state index contributed by atoms with van der Waals surface area (Å²) in [4.78, 5) is 0. The average Bonchev–Trinajstić information content (AvgIpc) is 2.27. The van der Waals surface area contributed by atoms with E-state index in [1.165, 1.54) is 11.1 Å². The van der Waals surface area contributed by atoms with Gasteiger partial charge in [0, 0.05) is 0 Å². The van der Waals surface area contributed by atoms with Gasteiger partial charge in [0.05, 0.1) is 6.10 Å². The first-order chi connectivity index (χ1) is 7.90. The lowest BCUT2D eigenvalue weighted by Gasteiger charge is -2.20. The average molecular weight is 234 g/mol. The van der Waals surface area contributed by atoms with Crippen molar-refractivity contribution in [3.8, 4) is 0 Å². The second-order valence-corrected chi connectivity index (χ2v) is 6.13. The van der Waals surface area contributed by atoms with Crippen LogP contribution in [0.4, 0.5) is 0 Å². The maximum atomic E-state index is 9.99. The molecule has 96 valence electrons. The molecule has 1 nitrogen and oxygen atoms in total. The number of hydrogen-bond acceptors (Lipinski definition) is 1. The molecular formula is C16H26O. The largest absolute Gasteiger partial charge is 0.393 e. The standard InChI is InChI=1S/C16H26O/c1-5-13-6-8-14(9-7-13)12-15(17)10-11-16(2,3)4/h6-9,15,17H,5,10-12H2,1-4H3. The molecule has 1 rings (SSSR count). The minimum atomic E-state index is -0.207. The van der Waals surface area contributed by atoms with E-state index in [1.807, 2.05) is 0 Å². The molecule has 0 heterocycles. The number of aryl methyl sites for hydroxylation is 1. The maximum absolute atomic E-state index is 9.99. The van der Waals surface area contributed by atoms with Gasteiger partial charge in [0.2, 0.25) is 0 Å². The monoisotopic (exact) mass is 234 g/mol. The molecule has 1 N–H and O–H groups in total. The third kappa shape index (κ3) is 5.88. The van der Waals surface area contributed by atoms with Gasteiger partial charge < -0.3 is 5.11 Å². The van der Waals surface area contributed by atoms with Gasteiger partial charge in [-0.3, -0.25) is 0 Å². The van der Waals surface area contributed by atoms with Crippen molar-refractivity contribution in [3.05, 3.63) is 35.4 Å². The van der Waals surface area contributed by atoms with Crippen LogP contribution in [0, 0.1) is 5.41 Å². The molecule has 0 aliphatic carbocycles. The van der Waals surface area contributed by atoms with Crippen LogP contribution in [0.3, 0.4) is 0 Å². The van der Waals surface area contributed by atoms with Crippen molar-refractivity contribution in [1.29, 1.82) is 0 Å². The van der Waals surface area contributed by atoms with Gasteiger partial charge in [-0.15, -0.1) is 0 Å². The van der Waals surface area contributed by atoms with Gasteiger partial charge in [0.15, 0.2) is 0 Å².